The van der Waals surface area contributed by atoms with E-state index in [1.807, 2.05) is 36.4 Å². The number of para-hydroxylation sites is 1. The Bertz CT molecular complexity index is 1170. The van der Waals surface area contributed by atoms with Crippen molar-refractivity contribution in [2.75, 3.05) is 0 Å². The summed E-state index contributed by atoms with van der Waals surface area (Å²) in [6.07, 6.45) is 1.76. The van der Waals surface area contributed by atoms with Crippen LogP contribution in [0.2, 0.25) is 0 Å². The van der Waals surface area contributed by atoms with Gasteiger partial charge in [0.1, 0.15) is 0 Å². The van der Waals surface area contributed by atoms with Crippen LogP contribution in [0.15, 0.2) is 78.9 Å². The summed E-state index contributed by atoms with van der Waals surface area (Å²) < 4.78 is 7.98. The summed E-state index contributed by atoms with van der Waals surface area (Å²) in [7, 11) is 0. The molecular weight excluding hydrogens is 346 g/mol. The Morgan fingerprint density at radius 3 is 2.50 bits per heavy atom. The molecule has 4 aromatic rings. The monoisotopic (exact) mass is 367 g/mol. The summed E-state index contributed by atoms with van der Waals surface area (Å²) in [5, 5.41) is 1.13. The molecule has 2 heterocycles. The van der Waals surface area contributed by atoms with Crippen molar-refractivity contribution in [2.45, 2.75) is 26.0 Å². The van der Waals surface area contributed by atoms with Crippen LogP contribution < -0.4 is 0 Å². The number of aromatic nitrogens is 1. The van der Waals surface area contributed by atoms with Crippen molar-refractivity contribution in [1.29, 1.82) is 0 Å². The third kappa shape index (κ3) is 2.63. The van der Waals surface area contributed by atoms with Gasteiger partial charge in [-0.2, -0.15) is 0 Å². The van der Waals surface area contributed by atoms with Gasteiger partial charge in [0, 0.05) is 10.9 Å². The van der Waals surface area contributed by atoms with Gasteiger partial charge in [0.2, 0.25) is 6.23 Å². The van der Waals surface area contributed by atoms with Crippen molar-refractivity contribution >= 4 is 16.9 Å². The molecule has 0 N–H and O–H groups in total. The van der Waals surface area contributed by atoms with Gasteiger partial charge in [0.15, 0.2) is 0 Å². The number of rotatable bonds is 4. The molecule has 1 aromatic heterocycles. The third-order valence-corrected chi connectivity index (χ3v) is 5.44. The van der Waals surface area contributed by atoms with Crippen LogP contribution in [0, 0.1) is 0 Å². The molecule has 1 aliphatic heterocycles. The Labute approximate surface area is 164 Å². The first kappa shape index (κ1) is 16.8. The molecule has 0 spiro atoms. The molecule has 28 heavy (non-hydrogen) atoms. The lowest BCUT2D eigenvalue weighted by Crippen LogP contribution is -2.11. The number of hydrogen-bond donors (Lipinski definition) is 0. The Hall–Kier alpha value is -3.33. The van der Waals surface area contributed by atoms with Gasteiger partial charge >= 0.3 is 5.97 Å². The highest BCUT2D eigenvalue weighted by Crippen LogP contribution is 2.39. The van der Waals surface area contributed by atoms with Gasteiger partial charge in [-0.25, -0.2) is 4.79 Å². The third-order valence-electron chi connectivity index (χ3n) is 5.44. The number of benzene rings is 3. The summed E-state index contributed by atoms with van der Waals surface area (Å²) in [6.45, 7) is 2.19. The average molecular weight is 367 g/mol. The molecule has 0 saturated heterocycles. The number of hydrogen-bond acceptors (Lipinski definition) is 2. The molecule has 0 radical (unpaired) electrons. The molecule has 138 valence electrons. The number of aryl methyl sites for hydroxylation is 1. The smallest absolute Gasteiger partial charge is 0.340 e. The molecule has 0 amide bonds. The predicted octanol–water partition coefficient (Wildman–Crippen LogP) is 5.98. The SMILES string of the molecule is CCCc1ccc(-c2cc3ccccc3n2C2OC(=O)c3ccccc32)cc1. The van der Waals surface area contributed by atoms with Crippen molar-refractivity contribution in [2.24, 2.45) is 0 Å². The number of fused-ring (bicyclic) bond motifs is 2. The zero-order valence-corrected chi connectivity index (χ0v) is 15.8. The Kier molecular flexibility index (Phi) is 4.01. The second kappa shape index (κ2) is 6.68. The van der Waals surface area contributed by atoms with E-state index >= 15 is 0 Å². The van der Waals surface area contributed by atoms with E-state index in [1.54, 1.807) is 0 Å². The van der Waals surface area contributed by atoms with Crippen molar-refractivity contribution in [3.8, 4) is 11.3 Å². The van der Waals surface area contributed by atoms with Gasteiger partial charge in [0.05, 0.1) is 16.8 Å². The predicted molar refractivity (Wildman–Crippen MR) is 111 cm³/mol. The molecule has 1 aliphatic rings. The van der Waals surface area contributed by atoms with Gasteiger partial charge in [-0.1, -0.05) is 74.0 Å². The minimum absolute atomic E-state index is 0.261. The molecular formula is C25H21NO2. The van der Waals surface area contributed by atoms with Gasteiger partial charge in [-0.3, -0.25) is 0 Å². The lowest BCUT2D eigenvalue weighted by atomic mass is 10.1. The maximum atomic E-state index is 12.4. The fraction of sp³-hybridized carbons (Fsp3) is 0.160. The van der Waals surface area contributed by atoms with Crippen LogP contribution in [0.3, 0.4) is 0 Å². The van der Waals surface area contributed by atoms with E-state index in [9.17, 15) is 4.79 Å². The number of carbonyl (C=O) groups is 1. The topological polar surface area (TPSA) is 31.2 Å². The quantitative estimate of drug-likeness (QED) is 0.416. The molecule has 1 atom stereocenters. The van der Waals surface area contributed by atoms with Crippen LogP contribution >= 0.6 is 0 Å². The Balaban J connectivity index is 1.71. The number of esters is 1. The highest BCUT2D eigenvalue weighted by atomic mass is 16.6. The normalized spacial score (nSPS) is 15.6. The average Bonchev–Trinajstić information content (AvgIpc) is 3.27. The number of cyclic esters (lactones) is 1. The first-order valence-corrected chi connectivity index (χ1v) is 9.75. The summed E-state index contributed by atoms with van der Waals surface area (Å²) in [4.78, 5) is 12.4. The molecule has 3 heteroatoms. The Morgan fingerprint density at radius 1 is 0.929 bits per heavy atom. The van der Waals surface area contributed by atoms with Crippen LogP contribution in [0.5, 0.6) is 0 Å². The van der Waals surface area contributed by atoms with Crippen molar-refractivity contribution in [1.82, 2.24) is 4.57 Å². The number of carbonyl (C=O) groups excluding carboxylic acids is 1. The van der Waals surface area contributed by atoms with E-state index in [1.165, 1.54) is 5.56 Å². The first-order chi connectivity index (χ1) is 13.8. The second-order valence-corrected chi connectivity index (χ2v) is 7.25. The van der Waals surface area contributed by atoms with E-state index in [4.69, 9.17) is 4.74 Å². The van der Waals surface area contributed by atoms with Gasteiger partial charge in [0.25, 0.3) is 0 Å². The fourth-order valence-electron chi connectivity index (χ4n) is 4.10. The minimum atomic E-state index is -0.450. The van der Waals surface area contributed by atoms with Gasteiger partial charge < -0.3 is 9.30 Å². The van der Waals surface area contributed by atoms with Crippen molar-refractivity contribution in [3.63, 3.8) is 0 Å². The maximum absolute atomic E-state index is 12.4. The minimum Gasteiger partial charge on any atom is -0.433 e. The largest absolute Gasteiger partial charge is 0.433 e. The lowest BCUT2D eigenvalue weighted by Gasteiger charge is -2.18. The van der Waals surface area contributed by atoms with Crippen LogP contribution in [0.1, 0.15) is 41.1 Å². The van der Waals surface area contributed by atoms with Crippen molar-refractivity contribution in [3.05, 3.63) is 95.6 Å². The van der Waals surface area contributed by atoms with Gasteiger partial charge in [-0.05, 0) is 35.7 Å². The van der Waals surface area contributed by atoms with E-state index in [0.717, 1.165) is 40.6 Å². The second-order valence-electron chi connectivity index (χ2n) is 7.25. The zero-order chi connectivity index (χ0) is 19.1. The summed E-state index contributed by atoms with van der Waals surface area (Å²) in [5.41, 5.74) is 6.14. The highest BCUT2D eigenvalue weighted by Gasteiger charge is 2.33. The van der Waals surface area contributed by atoms with Crippen LogP contribution in [-0.2, 0) is 11.2 Å². The molecule has 0 saturated carbocycles. The molecule has 0 bridgehead atoms. The lowest BCUT2D eigenvalue weighted by molar-refractivity contribution is 0.0335. The van der Waals surface area contributed by atoms with E-state index in [-0.39, 0.29) is 5.97 Å². The van der Waals surface area contributed by atoms with E-state index < -0.39 is 6.23 Å². The first-order valence-electron chi connectivity index (χ1n) is 9.75. The van der Waals surface area contributed by atoms with E-state index in [0.29, 0.717) is 5.56 Å². The van der Waals surface area contributed by atoms with Crippen LogP contribution in [-0.4, -0.2) is 10.5 Å². The van der Waals surface area contributed by atoms with Crippen LogP contribution in [0.25, 0.3) is 22.2 Å². The molecule has 0 fully saturated rings. The maximum Gasteiger partial charge on any atom is 0.340 e. The van der Waals surface area contributed by atoms with Crippen LogP contribution in [0.4, 0.5) is 0 Å². The van der Waals surface area contributed by atoms with Gasteiger partial charge in [-0.15, -0.1) is 0 Å². The summed E-state index contributed by atoms with van der Waals surface area (Å²) in [6, 6.07) is 26.8. The molecule has 3 aromatic carbocycles. The number of nitrogens with zero attached hydrogens (tertiary/aromatic N) is 1. The standard InChI is InChI=1S/C25H21NO2/c1-2-7-17-12-14-18(15-13-17)23-16-19-8-3-6-11-22(19)26(23)24-20-9-4-5-10-21(20)25(27)28-24/h3-6,8-16,24H,2,7H2,1H3. The number of ether oxygens (including phenoxy) is 1. The summed E-state index contributed by atoms with van der Waals surface area (Å²) in [5.74, 6) is -0.261. The molecule has 5 rings (SSSR count). The molecule has 1 unspecified atom stereocenters. The van der Waals surface area contributed by atoms with Crippen molar-refractivity contribution < 1.29 is 9.53 Å². The highest BCUT2D eigenvalue weighted by molar-refractivity contribution is 5.95. The zero-order valence-electron chi connectivity index (χ0n) is 15.8. The summed E-state index contributed by atoms with van der Waals surface area (Å²) >= 11 is 0. The molecule has 0 aliphatic carbocycles. The molecule has 3 nitrogen and oxygen atoms in total. The van der Waals surface area contributed by atoms with E-state index in [2.05, 4.69) is 54.0 Å². The fourth-order valence-corrected chi connectivity index (χ4v) is 4.10. The Morgan fingerprint density at radius 2 is 1.68 bits per heavy atom.